The third-order valence-electron chi connectivity index (χ3n) is 3.70. The Morgan fingerprint density at radius 1 is 1.27 bits per heavy atom. The fraction of sp³-hybridized carbons (Fsp3) is 0.615. The van der Waals surface area contributed by atoms with E-state index in [9.17, 15) is 0 Å². The highest BCUT2D eigenvalue weighted by molar-refractivity contribution is 5.25. The highest BCUT2D eigenvalue weighted by Crippen LogP contribution is 2.50. The van der Waals surface area contributed by atoms with Crippen molar-refractivity contribution >= 4 is 0 Å². The van der Waals surface area contributed by atoms with Gasteiger partial charge in [0.05, 0.1) is 0 Å². The van der Waals surface area contributed by atoms with E-state index in [0.29, 0.717) is 5.41 Å². The van der Waals surface area contributed by atoms with Crippen molar-refractivity contribution in [2.24, 2.45) is 17.1 Å². The molecule has 0 radical (unpaired) electrons. The van der Waals surface area contributed by atoms with Crippen LogP contribution in [0.25, 0.3) is 0 Å². The van der Waals surface area contributed by atoms with Crippen LogP contribution in [0.15, 0.2) is 24.5 Å². The second-order valence-electron chi connectivity index (χ2n) is 5.86. The van der Waals surface area contributed by atoms with Crippen LogP contribution in [0.3, 0.4) is 0 Å². The van der Waals surface area contributed by atoms with Gasteiger partial charge in [0.25, 0.3) is 0 Å². The molecule has 1 aromatic heterocycles. The quantitative estimate of drug-likeness (QED) is 0.764. The third kappa shape index (κ3) is 1.91. The summed E-state index contributed by atoms with van der Waals surface area (Å²) >= 11 is 0. The fourth-order valence-electron chi connectivity index (χ4n) is 2.35. The van der Waals surface area contributed by atoms with E-state index < -0.39 is 0 Å². The van der Waals surface area contributed by atoms with Crippen molar-refractivity contribution in [1.29, 1.82) is 0 Å². The second kappa shape index (κ2) is 3.31. The van der Waals surface area contributed by atoms with Crippen LogP contribution in [0.2, 0.25) is 0 Å². The molecule has 1 saturated carbocycles. The first-order valence-electron chi connectivity index (χ1n) is 5.61. The molecule has 1 heterocycles. The van der Waals surface area contributed by atoms with E-state index >= 15 is 0 Å². The zero-order valence-electron chi connectivity index (χ0n) is 9.83. The van der Waals surface area contributed by atoms with Crippen LogP contribution in [-0.2, 0) is 5.54 Å². The van der Waals surface area contributed by atoms with Crippen molar-refractivity contribution in [3.05, 3.63) is 30.1 Å². The van der Waals surface area contributed by atoms with Crippen LogP contribution in [0.1, 0.15) is 39.2 Å². The van der Waals surface area contributed by atoms with E-state index in [4.69, 9.17) is 5.73 Å². The van der Waals surface area contributed by atoms with Gasteiger partial charge in [-0.25, -0.2) is 0 Å². The summed E-state index contributed by atoms with van der Waals surface area (Å²) in [6.07, 6.45) is 5.85. The van der Waals surface area contributed by atoms with Crippen LogP contribution in [0.5, 0.6) is 0 Å². The molecule has 0 atom stereocenters. The molecule has 2 heteroatoms. The molecule has 0 saturated heterocycles. The largest absolute Gasteiger partial charge is 0.321 e. The van der Waals surface area contributed by atoms with Crippen molar-refractivity contribution in [3.63, 3.8) is 0 Å². The predicted octanol–water partition coefficient (Wildman–Crippen LogP) is 2.69. The molecule has 0 bridgehead atoms. The Kier molecular flexibility index (Phi) is 2.34. The van der Waals surface area contributed by atoms with Crippen molar-refractivity contribution in [1.82, 2.24) is 4.98 Å². The first kappa shape index (κ1) is 10.6. The van der Waals surface area contributed by atoms with Crippen LogP contribution in [-0.4, -0.2) is 4.98 Å². The smallest absolute Gasteiger partial charge is 0.0416 e. The molecule has 0 aliphatic heterocycles. The number of nitrogens with zero attached hydrogens (tertiary/aromatic N) is 1. The first-order valence-corrected chi connectivity index (χ1v) is 5.61. The van der Waals surface area contributed by atoms with Gasteiger partial charge in [0, 0.05) is 17.9 Å². The molecule has 0 aromatic carbocycles. The van der Waals surface area contributed by atoms with Crippen LogP contribution >= 0.6 is 0 Å². The Labute approximate surface area is 91.9 Å². The second-order valence-corrected chi connectivity index (χ2v) is 5.86. The standard InChI is InChI=1S/C13H20N2/c1-12(2,3)11-8-13(14,9-11)10-4-6-15-7-5-10/h4-7,11H,8-9,14H2,1-3H3. The minimum absolute atomic E-state index is 0.0963. The normalized spacial score (nSPS) is 31.1. The summed E-state index contributed by atoms with van der Waals surface area (Å²) < 4.78 is 0. The van der Waals surface area contributed by atoms with E-state index in [2.05, 4.69) is 25.8 Å². The summed E-state index contributed by atoms with van der Waals surface area (Å²) in [5, 5.41) is 0. The Morgan fingerprint density at radius 2 is 1.80 bits per heavy atom. The molecule has 82 valence electrons. The summed E-state index contributed by atoms with van der Waals surface area (Å²) in [7, 11) is 0. The SMILES string of the molecule is CC(C)(C)C1CC(N)(c2ccncc2)C1. The molecule has 0 amide bonds. The van der Waals surface area contributed by atoms with Crippen molar-refractivity contribution in [2.75, 3.05) is 0 Å². The molecular weight excluding hydrogens is 184 g/mol. The lowest BCUT2D eigenvalue weighted by Crippen LogP contribution is -2.52. The van der Waals surface area contributed by atoms with E-state index in [0.717, 1.165) is 18.8 Å². The van der Waals surface area contributed by atoms with Crippen LogP contribution in [0.4, 0.5) is 0 Å². The summed E-state index contributed by atoms with van der Waals surface area (Å²) in [6, 6.07) is 4.08. The Morgan fingerprint density at radius 3 is 2.27 bits per heavy atom. The van der Waals surface area contributed by atoms with E-state index in [1.807, 2.05) is 24.5 Å². The first-order chi connectivity index (χ1) is 6.92. The average Bonchev–Trinajstić information content (AvgIpc) is 2.13. The van der Waals surface area contributed by atoms with Gasteiger partial charge in [0.1, 0.15) is 0 Å². The highest BCUT2D eigenvalue weighted by atomic mass is 14.8. The molecule has 1 aromatic rings. The molecule has 2 nitrogen and oxygen atoms in total. The maximum atomic E-state index is 6.38. The van der Waals surface area contributed by atoms with Gasteiger partial charge < -0.3 is 5.73 Å². The molecule has 1 fully saturated rings. The van der Waals surface area contributed by atoms with E-state index in [-0.39, 0.29) is 5.54 Å². The number of nitrogens with two attached hydrogens (primary N) is 1. The molecule has 2 rings (SSSR count). The van der Waals surface area contributed by atoms with Gasteiger partial charge in [-0.3, -0.25) is 4.98 Å². The zero-order chi connectivity index (χ0) is 11.1. The molecule has 0 spiro atoms. The predicted molar refractivity (Wildman–Crippen MR) is 62.3 cm³/mol. The monoisotopic (exact) mass is 204 g/mol. The average molecular weight is 204 g/mol. The molecule has 2 N–H and O–H groups in total. The summed E-state index contributed by atoms with van der Waals surface area (Å²) in [5.74, 6) is 0.746. The van der Waals surface area contributed by atoms with Crippen LogP contribution < -0.4 is 5.73 Å². The minimum Gasteiger partial charge on any atom is -0.321 e. The fourth-order valence-corrected chi connectivity index (χ4v) is 2.35. The van der Waals surface area contributed by atoms with Crippen molar-refractivity contribution < 1.29 is 0 Å². The van der Waals surface area contributed by atoms with E-state index in [1.54, 1.807) is 0 Å². The van der Waals surface area contributed by atoms with Gasteiger partial charge in [-0.2, -0.15) is 0 Å². The number of pyridine rings is 1. The number of aromatic nitrogens is 1. The maximum Gasteiger partial charge on any atom is 0.0416 e. The molecule has 1 aliphatic carbocycles. The maximum absolute atomic E-state index is 6.38. The molecule has 0 unspecified atom stereocenters. The van der Waals surface area contributed by atoms with Gasteiger partial charge in [0.2, 0.25) is 0 Å². The summed E-state index contributed by atoms with van der Waals surface area (Å²) in [4.78, 5) is 4.03. The summed E-state index contributed by atoms with van der Waals surface area (Å²) in [5.41, 5.74) is 7.91. The summed E-state index contributed by atoms with van der Waals surface area (Å²) in [6.45, 7) is 6.89. The van der Waals surface area contributed by atoms with Crippen LogP contribution in [0, 0.1) is 11.3 Å². The topological polar surface area (TPSA) is 38.9 Å². The molecular formula is C13H20N2. The van der Waals surface area contributed by atoms with Gasteiger partial charge in [0.15, 0.2) is 0 Å². The molecule has 15 heavy (non-hydrogen) atoms. The van der Waals surface area contributed by atoms with Gasteiger partial charge >= 0.3 is 0 Å². The van der Waals surface area contributed by atoms with Crippen molar-refractivity contribution in [2.45, 2.75) is 39.2 Å². The van der Waals surface area contributed by atoms with Crippen molar-refractivity contribution in [3.8, 4) is 0 Å². The Bertz CT molecular complexity index is 331. The zero-order valence-corrected chi connectivity index (χ0v) is 9.83. The molecule has 1 aliphatic rings. The Hall–Kier alpha value is -0.890. The number of hydrogen-bond donors (Lipinski definition) is 1. The lowest BCUT2D eigenvalue weighted by molar-refractivity contribution is 0.0489. The highest BCUT2D eigenvalue weighted by Gasteiger charge is 2.46. The minimum atomic E-state index is -0.0963. The van der Waals surface area contributed by atoms with Gasteiger partial charge in [-0.05, 0) is 41.9 Å². The van der Waals surface area contributed by atoms with E-state index in [1.165, 1.54) is 5.56 Å². The van der Waals surface area contributed by atoms with Gasteiger partial charge in [-0.1, -0.05) is 20.8 Å². The lowest BCUT2D eigenvalue weighted by Gasteiger charge is -2.51. The number of rotatable bonds is 1. The lowest BCUT2D eigenvalue weighted by atomic mass is 9.57. The third-order valence-corrected chi connectivity index (χ3v) is 3.70. The number of hydrogen-bond acceptors (Lipinski definition) is 2. The van der Waals surface area contributed by atoms with Gasteiger partial charge in [-0.15, -0.1) is 0 Å². The Balaban J connectivity index is 2.09.